The van der Waals surface area contributed by atoms with Crippen LogP contribution >= 0.6 is 0 Å². The van der Waals surface area contributed by atoms with E-state index < -0.39 is 0 Å². The van der Waals surface area contributed by atoms with Gasteiger partial charge in [0.25, 0.3) is 5.91 Å². The van der Waals surface area contributed by atoms with Crippen molar-refractivity contribution in [2.24, 2.45) is 0 Å². The molecule has 0 aliphatic carbocycles. The van der Waals surface area contributed by atoms with Crippen LogP contribution in [0.3, 0.4) is 0 Å². The summed E-state index contributed by atoms with van der Waals surface area (Å²) in [5.74, 6) is 0.0228. The minimum absolute atomic E-state index is 0.113. The van der Waals surface area contributed by atoms with E-state index in [1.54, 1.807) is 17.0 Å². The van der Waals surface area contributed by atoms with Crippen LogP contribution in [0, 0.1) is 0 Å². The maximum Gasteiger partial charge on any atom is 0.265 e. The smallest absolute Gasteiger partial charge is 0.265 e. The van der Waals surface area contributed by atoms with Crippen LogP contribution in [-0.4, -0.2) is 61.5 Å². The third kappa shape index (κ3) is 3.28. The van der Waals surface area contributed by atoms with Crippen molar-refractivity contribution in [3.63, 3.8) is 0 Å². The number of benzene rings is 1. The summed E-state index contributed by atoms with van der Waals surface area (Å²) in [6.07, 6.45) is 1.48. The predicted molar refractivity (Wildman–Crippen MR) is 84.6 cm³/mol. The van der Waals surface area contributed by atoms with Gasteiger partial charge < -0.3 is 9.80 Å². The molecule has 22 heavy (non-hydrogen) atoms. The second-order valence-electron chi connectivity index (χ2n) is 5.93. The number of nitrogens with one attached hydrogen (secondary N) is 1. The first-order valence-corrected chi connectivity index (χ1v) is 7.78. The molecule has 6 heteroatoms. The normalized spacial score (nSPS) is 20.4. The molecule has 1 aromatic carbocycles. The van der Waals surface area contributed by atoms with Gasteiger partial charge in [0.15, 0.2) is 0 Å². The van der Waals surface area contributed by atoms with Gasteiger partial charge in [-0.25, -0.2) is 5.01 Å². The molecule has 2 fully saturated rings. The highest BCUT2D eigenvalue weighted by atomic mass is 16.2. The summed E-state index contributed by atoms with van der Waals surface area (Å²) in [6, 6.07) is 7.31. The molecule has 2 aliphatic heterocycles. The largest absolute Gasteiger partial charge is 0.312 e. The van der Waals surface area contributed by atoms with Crippen molar-refractivity contribution in [2.45, 2.75) is 12.8 Å². The lowest BCUT2D eigenvalue weighted by Gasteiger charge is -2.32. The highest BCUT2D eigenvalue weighted by Crippen LogP contribution is 2.22. The first-order chi connectivity index (χ1) is 10.6. The van der Waals surface area contributed by atoms with Gasteiger partial charge in [-0.15, -0.1) is 0 Å². The number of anilines is 1. The van der Waals surface area contributed by atoms with Crippen LogP contribution in [0.1, 0.15) is 23.2 Å². The van der Waals surface area contributed by atoms with Gasteiger partial charge in [-0.05, 0) is 31.7 Å². The molecule has 0 atom stereocenters. The van der Waals surface area contributed by atoms with Gasteiger partial charge >= 0.3 is 0 Å². The molecule has 2 saturated heterocycles. The molecule has 1 N–H and O–H groups in total. The van der Waals surface area contributed by atoms with Gasteiger partial charge in [0.05, 0.1) is 0 Å². The first-order valence-electron chi connectivity index (χ1n) is 7.78. The molecule has 0 saturated carbocycles. The summed E-state index contributed by atoms with van der Waals surface area (Å²) in [5, 5.41) is 1.95. The Bertz CT molecular complexity index is 567. The minimum Gasteiger partial charge on any atom is -0.312 e. The van der Waals surface area contributed by atoms with E-state index in [-0.39, 0.29) is 11.8 Å². The molecule has 2 aliphatic rings. The lowest BCUT2D eigenvalue weighted by atomic mass is 10.2. The third-order valence-electron chi connectivity index (χ3n) is 4.26. The average Bonchev–Trinajstić information content (AvgIpc) is 2.96. The third-order valence-corrected chi connectivity index (χ3v) is 4.26. The number of hydrazine groups is 1. The Hall–Kier alpha value is -1.92. The number of nitrogens with zero attached hydrogens (tertiary/aromatic N) is 3. The Morgan fingerprint density at radius 2 is 1.91 bits per heavy atom. The summed E-state index contributed by atoms with van der Waals surface area (Å²) in [7, 11) is 2.08. The maximum absolute atomic E-state index is 12.4. The Kier molecular flexibility index (Phi) is 4.40. The first kappa shape index (κ1) is 15.0. The Morgan fingerprint density at radius 3 is 2.59 bits per heavy atom. The van der Waals surface area contributed by atoms with Crippen molar-refractivity contribution in [3.8, 4) is 0 Å². The summed E-state index contributed by atoms with van der Waals surface area (Å²) >= 11 is 0. The van der Waals surface area contributed by atoms with E-state index in [1.807, 2.05) is 17.1 Å². The summed E-state index contributed by atoms with van der Waals surface area (Å²) < 4.78 is 0. The number of amides is 2. The van der Waals surface area contributed by atoms with Crippen molar-refractivity contribution >= 4 is 17.5 Å². The molecule has 0 bridgehead atoms. The van der Waals surface area contributed by atoms with E-state index in [0.717, 1.165) is 44.8 Å². The van der Waals surface area contributed by atoms with Crippen LogP contribution < -0.4 is 10.3 Å². The van der Waals surface area contributed by atoms with Crippen molar-refractivity contribution in [3.05, 3.63) is 29.8 Å². The van der Waals surface area contributed by atoms with Crippen molar-refractivity contribution in [2.75, 3.05) is 44.7 Å². The van der Waals surface area contributed by atoms with Crippen LogP contribution in [0.5, 0.6) is 0 Å². The van der Waals surface area contributed by atoms with Gasteiger partial charge in [0, 0.05) is 50.4 Å². The van der Waals surface area contributed by atoms with Crippen LogP contribution in [0.4, 0.5) is 5.69 Å². The molecule has 3 rings (SSSR count). The molecule has 0 unspecified atom stereocenters. The zero-order valence-corrected chi connectivity index (χ0v) is 12.9. The Labute approximate surface area is 130 Å². The van der Waals surface area contributed by atoms with Gasteiger partial charge in [-0.1, -0.05) is 6.07 Å². The second kappa shape index (κ2) is 6.46. The number of carbonyl (C=O) groups is 2. The number of piperazine rings is 1. The number of rotatable bonds is 3. The van der Waals surface area contributed by atoms with Crippen LogP contribution in [0.2, 0.25) is 0 Å². The summed E-state index contributed by atoms with van der Waals surface area (Å²) in [5.41, 5.74) is 4.36. The maximum atomic E-state index is 12.4. The van der Waals surface area contributed by atoms with E-state index in [0.29, 0.717) is 12.0 Å². The molecule has 2 amide bonds. The number of likely N-dealkylation sites (N-methyl/N-ethyl adjacent to an activating group) is 1. The standard InChI is InChI=1S/C16H22N4O2/c1-18-8-10-19(11-9-18)17-16(22)13-4-2-5-14(12-13)20-7-3-6-15(20)21/h2,4-5,12H,3,6-11H2,1H3,(H,17,22). The fourth-order valence-electron chi connectivity index (χ4n) is 2.86. The fraction of sp³-hybridized carbons (Fsp3) is 0.500. The van der Waals surface area contributed by atoms with Gasteiger partial charge in [0.2, 0.25) is 5.91 Å². The number of carbonyl (C=O) groups excluding carboxylic acids is 2. The van der Waals surface area contributed by atoms with Gasteiger partial charge in [-0.2, -0.15) is 0 Å². The van der Waals surface area contributed by atoms with E-state index in [2.05, 4.69) is 17.4 Å². The molecule has 1 aromatic rings. The fourth-order valence-corrected chi connectivity index (χ4v) is 2.86. The lowest BCUT2D eigenvalue weighted by molar-refractivity contribution is -0.117. The number of hydrogen-bond donors (Lipinski definition) is 1. The van der Waals surface area contributed by atoms with Crippen molar-refractivity contribution in [1.82, 2.24) is 15.3 Å². The summed E-state index contributed by atoms with van der Waals surface area (Å²) in [6.45, 7) is 4.28. The summed E-state index contributed by atoms with van der Waals surface area (Å²) in [4.78, 5) is 28.2. The second-order valence-corrected chi connectivity index (χ2v) is 5.93. The molecule has 118 valence electrons. The van der Waals surface area contributed by atoms with Crippen LogP contribution in [-0.2, 0) is 4.79 Å². The lowest BCUT2D eigenvalue weighted by Crippen LogP contribution is -2.52. The van der Waals surface area contributed by atoms with Crippen LogP contribution in [0.15, 0.2) is 24.3 Å². The molecular formula is C16H22N4O2. The Morgan fingerprint density at radius 1 is 1.14 bits per heavy atom. The SMILES string of the molecule is CN1CCN(NC(=O)c2cccc(N3CCCC3=O)c2)CC1. The van der Waals surface area contributed by atoms with E-state index in [4.69, 9.17) is 0 Å². The van der Waals surface area contributed by atoms with E-state index >= 15 is 0 Å². The van der Waals surface area contributed by atoms with E-state index in [1.165, 1.54) is 0 Å². The molecule has 0 aromatic heterocycles. The van der Waals surface area contributed by atoms with Gasteiger partial charge in [0.1, 0.15) is 0 Å². The highest BCUT2D eigenvalue weighted by molar-refractivity contribution is 5.98. The zero-order chi connectivity index (χ0) is 15.5. The average molecular weight is 302 g/mol. The molecule has 0 radical (unpaired) electrons. The molecular weight excluding hydrogens is 280 g/mol. The number of hydrogen-bond acceptors (Lipinski definition) is 4. The zero-order valence-electron chi connectivity index (χ0n) is 12.9. The quantitative estimate of drug-likeness (QED) is 0.893. The van der Waals surface area contributed by atoms with Crippen molar-refractivity contribution < 1.29 is 9.59 Å². The molecule has 0 spiro atoms. The molecule has 2 heterocycles. The highest BCUT2D eigenvalue weighted by Gasteiger charge is 2.23. The monoisotopic (exact) mass is 302 g/mol. The topological polar surface area (TPSA) is 55.9 Å². The van der Waals surface area contributed by atoms with Crippen molar-refractivity contribution in [1.29, 1.82) is 0 Å². The minimum atomic E-state index is -0.113. The van der Waals surface area contributed by atoms with Gasteiger partial charge in [-0.3, -0.25) is 15.0 Å². The van der Waals surface area contributed by atoms with Crippen LogP contribution in [0.25, 0.3) is 0 Å². The Balaban J connectivity index is 1.66. The van der Waals surface area contributed by atoms with E-state index in [9.17, 15) is 9.59 Å². The molecule has 6 nitrogen and oxygen atoms in total. The predicted octanol–water partition coefficient (Wildman–Crippen LogP) is 0.706.